The Hall–Kier alpha value is -1.11. The Morgan fingerprint density at radius 1 is 1.36 bits per heavy atom. The Morgan fingerprint density at radius 2 is 1.95 bits per heavy atom. The molecule has 1 aromatic rings. The summed E-state index contributed by atoms with van der Waals surface area (Å²) in [5.41, 5.74) is -0.420. The first kappa shape index (κ1) is 17.2. The summed E-state index contributed by atoms with van der Waals surface area (Å²) < 4.78 is 23.5. The van der Waals surface area contributed by atoms with Crippen molar-refractivity contribution in [2.45, 2.75) is 31.8 Å². The van der Waals surface area contributed by atoms with Gasteiger partial charge in [-0.1, -0.05) is 11.6 Å². The van der Waals surface area contributed by atoms with Crippen LogP contribution in [0.4, 0.5) is 0 Å². The summed E-state index contributed by atoms with van der Waals surface area (Å²) in [5.74, 6) is -0.280. The highest BCUT2D eigenvalue weighted by Crippen LogP contribution is 2.27. The van der Waals surface area contributed by atoms with Crippen LogP contribution in [0.2, 0.25) is 5.02 Å². The Kier molecular flexibility index (Phi) is 4.84. The molecule has 0 bridgehead atoms. The number of aliphatic hydroxyl groups is 1. The molecule has 1 N–H and O–H groups in total. The van der Waals surface area contributed by atoms with Crippen LogP contribution in [-0.4, -0.2) is 54.0 Å². The number of amides is 1. The Bertz CT molecular complexity index is 655. The van der Waals surface area contributed by atoms with Gasteiger partial charge in [0.05, 0.1) is 23.7 Å². The first-order valence-electron chi connectivity index (χ1n) is 7.07. The standard InChI is InChI=1S/C15H20ClNO4S/c1-15(2,10-18)17(13-7-8-22(20,21)9-13)14(19)11-3-5-12(16)6-4-11/h3-6,13,18H,7-10H2,1-2H3/t13-/m1/s1. The van der Waals surface area contributed by atoms with Crippen LogP contribution in [-0.2, 0) is 9.84 Å². The zero-order chi connectivity index (χ0) is 16.5. The number of hydrogen-bond acceptors (Lipinski definition) is 4. The van der Waals surface area contributed by atoms with Crippen molar-refractivity contribution in [3.8, 4) is 0 Å². The second-order valence-corrected chi connectivity index (χ2v) is 8.87. The molecule has 5 nitrogen and oxygen atoms in total. The monoisotopic (exact) mass is 345 g/mol. The number of benzene rings is 1. The van der Waals surface area contributed by atoms with Crippen LogP contribution in [0.15, 0.2) is 24.3 Å². The maximum absolute atomic E-state index is 12.8. The van der Waals surface area contributed by atoms with E-state index in [-0.39, 0.29) is 24.0 Å². The van der Waals surface area contributed by atoms with Gasteiger partial charge in [-0.2, -0.15) is 0 Å². The minimum Gasteiger partial charge on any atom is -0.394 e. The molecule has 0 unspecified atom stereocenters. The van der Waals surface area contributed by atoms with E-state index in [9.17, 15) is 18.3 Å². The predicted octanol–water partition coefficient (Wildman–Crippen LogP) is 1.74. The zero-order valence-corrected chi connectivity index (χ0v) is 14.2. The summed E-state index contributed by atoms with van der Waals surface area (Å²) in [4.78, 5) is 14.3. The smallest absolute Gasteiger partial charge is 0.254 e. The highest BCUT2D eigenvalue weighted by Gasteiger charge is 2.41. The van der Waals surface area contributed by atoms with Crippen molar-refractivity contribution in [3.05, 3.63) is 34.9 Å². The fourth-order valence-corrected chi connectivity index (χ4v) is 4.55. The summed E-state index contributed by atoms with van der Waals surface area (Å²) in [5, 5.41) is 10.2. The molecule has 7 heteroatoms. The van der Waals surface area contributed by atoms with E-state index >= 15 is 0 Å². The van der Waals surface area contributed by atoms with E-state index < -0.39 is 21.4 Å². The molecule has 1 aliphatic rings. The second kappa shape index (κ2) is 6.18. The van der Waals surface area contributed by atoms with Crippen molar-refractivity contribution in [3.63, 3.8) is 0 Å². The van der Waals surface area contributed by atoms with E-state index in [4.69, 9.17) is 11.6 Å². The average molecular weight is 346 g/mol. The summed E-state index contributed by atoms with van der Waals surface area (Å²) in [6.45, 7) is 3.21. The minimum absolute atomic E-state index is 0.0598. The molecule has 1 atom stereocenters. The number of carbonyl (C=O) groups is 1. The SMILES string of the molecule is CC(C)(CO)N(C(=O)c1ccc(Cl)cc1)[C@@H]1CCS(=O)(=O)C1. The zero-order valence-electron chi connectivity index (χ0n) is 12.6. The maximum Gasteiger partial charge on any atom is 0.254 e. The van der Waals surface area contributed by atoms with Gasteiger partial charge in [0.2, 0.25) is 0 Å². The topological polar surface area (TPSA) is 74.7 Å². The lowest BCUT2D eigenvalue weighted by Crippen LogP contribution is -2.55. The van der Waals surface area contributed by atoms with E-state index in [2.05, 4.69) is 0 Å². The van der Waals surface area contributed by atoms with Crippen molar-refractivity contribution in [2.24, 2.45) is 0 Å². The van der Waals surface area contributed by atoms with Gasteiger partial charge in [-0.05, 0) is 44.5 Å². The first-order chi connectivity index (χ1) is 10.2. The molecule has 2 rings (SSSR count). The molecule has 1 aliphatic heterocycles. The summed E-state index contributed by atoms with van der Waals surface area (Å²) in [6.07, 6.45) is 0.394. The third-order valence-electron chi connectivity index (χ3n) is 3.92. The van der Waals surface area contributed by atoms with Crippen LogP contribution in [0.1, 0.15) is 30.6 Å². The van der Waals surface area contributed by atoms with Crippen LogP contribution >= 0.6 is 11.6 Å². The van der Waals surface area contributed by atoms with Crippen LogP contribution in [0.3, 0.4) is 0 Å². The molecule has 1 fully saturated rings. The van der Waals surface area contributed by atoms with Crippen LogP contribution in [0, 0.1) is 0 Å². The highest BCUT2D eigenvalue weighted by atomic mass is 35.5. The molecule has 122 valence electrons. The summed E-state index contributed by atoms with van der Waals surface area (Å²) in [6, 6.07) is 6.02. The van der Waals surface area contributed by atoms with E-state index in [0.29, 0.717) is 17.0 Å². The van der Waals surface area contributed by atoms with Crippen molar-refractivity contribution in [2.75, 3.05) is 18.1 Å². The van der Waals surface area contributed by atoms with Crippen molar-refractivity contribution >= 4 is 27.3 Å². The molecular formula is C15H20ClNO4S. The predicted molar refractivity (Wildman–Crippen MR) is 85.8 cm³/mol. The quantitative estimate of drug-likeness (QED) is 0.902. The molecule has 0 spiro atoms. The number of aliphatic hydroxyl groups excluding tert-OH is 1. The fraction of sp³-hybridized carbons (Fsp3) is 0.533. The van der Waals surface area contributed by atoms with Gasteiger partial charge in [-0.15, -0.1) is 0 Å². The number of hydrogen-bond donors (Lipinski definition) is 1. The van der Waals surface area contributed by atoms with Gasteiger partial charge < -0.3 is 10.0 Å². The normalized spacial score (nSPS) is 20.8. The van der Waals surface area contributed by atoms with Crippen molar-refractivity contribution in [1.29, 1.82) is 0 Å². The highest BCUT2D eigenvalue weighted by molar-refractivity contribution is 7.91. The Labute approximate surface area is 135 Å². The Balaban J connectivity index is 2.37. The number of halogens is 1. The number of rotatable bonds is 4. The first-order valence-corrected chi connectivity index (χ1v) is 9.27. The molecule has 0 aromatic heterocycles. The number of carbonyl (C=O) groups excluding carboxylic acids is 1. The molecule has 1 aromatic carbocycles. The van der Waals surface area contributed by atoms with Gasteiger partial charge in [0.1, 0.15) is 0 Å². The van der Waals surface area contributed by atoms with Crippen molar-refractivity contribution < 1.29 is 18.3 Å². The molecule has 1 amide bonds. The van der Waals surface area contributed by atoms with Crippen molar-refractivity contribution in [1.82, 2.24) is 4.90 Å². The van der Waals surface area contributed by atoms with Crippen LogP contribution in [0.25, 0.3) is 0 Å². The molecule has 1 saturated heterocycles. The van der Waals surface area contributed by atoms with E-state index in [1.54, 1.807) is 38.1 Å². The third kappa shape index (κ3) is 3.62. The van der Waals surface area contributed by atoms with E-state index in [1.165, 1.54) is 4.90 Å². The summed E-state index contributed by atoms with van der Waals surface area (Å²) >= 11 is 5.83. The molecule has 22 heavy (non-hydrogen) atoms. The summed E-state index contributed by atoms with van der Waals surface area (Å²) in [7, 11) is -3.13. The van der Waals surface area contributed by atoms with Gasteiger partial charge in [0.15, 0.2) is 9.84 Å². The molecular weight excluding hydrogens is 326 g/mol. The Morgan fingerprint density at radius 3 is 2.41 bits per heavy atom. The average Bonchev–Trinajstić information content (AvgIpc) is 2.79. The third-order valence-corrected chi connectivity index (χ3v) is 5.92. The lowest BCUT2D eigenvalue weighted by Gasteiger charge is -2.41. The second-order valence-electron chi connectivity index (χ2n) is 6.21. The number of sulfone groups is 1. The van der Waals surface area contributed by atoms with Gasteiger partial charge >= 0.3 is 0 Å². The van der Waals surface area contributed by atoms with Gasteiger partial charge in [0.25, 0.3) is 5.91 Å². The molecule has 0 aliphatic carbocycles. The lowest BCUT2D eigenvalue weighted by atomic mass is 9.98. The van der Waals surface area contributed by atoms with Gasteiger partial charge in [0, 0.05) is 16.6 Å². The maximum atomic E-state index is 12.8. The van der Waals surface area contributed by atoms with Crippen LogP contribution in [0.5, 0.6) is 0 Å². The van der Waals surface area contributed by atoms with Gasteiger partial charge in [-0.3, -0.25) is 4.79 Å². The van der Waals surface area contributed by atoms with Gasteiger partial charge in [-0.25, -0.2) is 8.42 Å². The van der Waals surface area contributed by atoms with E-state index in [0.717, 1.165) is 0 Å². The van der Waals surface area contributed by atoms with E-state index in [1.807, 2.05) is 0 Å². The molecule has 0 saturated carbocycles. The number of nitrogens with zero attached hydrogens (tertiary/aromatic N) is 1. The fourth-order valence-electron chi connectivity index (χ4n) is 2.72. The molecule has 0 radical (unpaired) electrons. The minimum atomic E-state index is -3.13. The largest absolute Gasteiger partial charge is 0.394 e. The molecule has 1 heterocycles. The van der Waals surface area contributed by atoms with Crippen LogP contribution < -0.4 is 0 Å². The lowest BCUT2D eigenvalue weighted by molar-refractivity contribution is 0.0233.